The van der Waals surface area contributed by atoms with Gasteiger partial charge in [0.1, 0.15) is 12.2 Å². The molecule has 0 aliphatic carbocycles. The van der Waals surface area contributed by atoms with Crippen LogP contribution in [-0.2, 0) is 20.1 Å². The lowest BCUT2D eigenvalue weighted by atomic mass is 10.2. The van der Waals surface area contributed by atoms with Gasteiger partial charge in [-0.25, -0.2) is 4.98 Å². The minimum Gasteiger partial charge on any atom is -0.292 e. The summed E-state index contributed by atoms with van der Waals surface area (Å²) in [6.07, 6.45) is 4.78. The Kier molecular flexibility index (Phi) is 3.20. The van der Waals surface area contributed by atoms with Crippen LogP contribution in [0.15, 0.2) is 30.7 Å². The van der Waals surface area contributed by atoms with Crippen molar-refractivity contribution in [2.75, 3.05) is 13.1 Å². The quantitative estimate of drug-likeness (QED) is 0.826. The van der Waals surface area contributed by atoms with Crippen molar-refractivity contribution < 1.29 is 0 Å². The summed E-state index contributed by atoms with van der Waals surface area (Å²) in [5, 5.41) is 4.15. The topological polar surface area (TPSA) is 50.1 Å². The lowest BCUT2D eigenvalue weighted by molar-refractivity contribution is 0.114. The molecule has 0 N–H and O–H groups in total. The van der Waals surface area contributed by atoms with Crippen molar-refractivity contribution >= 4 is 0 Å². The van der Waals surface area contributed by atoms with Gasteiger partial charge in [0.05, 0.1) is 12.2 Å². The Labute approximate surface area is 124 Å². The van der Waals surface area contributed by atoms with Crippen LogP contribution in [0, 0.1) is 0 Å². The summed E-state index contributed by atoms with van der Waals surface area (Å²) in [4.78, 5) is 13.9. The highest BCUT2D eigenvalue weighted by molar-refractivity contribution is 5.07. The van der Waals surface area contributed by atoms with Gasteiger partial charge in [0.2, 0.25) is 0 Å². The average Bonchev–Trinajstić information content (AvgIpc) is 3.17. The normalized spacial score (nSPS) is 25.8. The fourth-order valence-corrected chi connectivity index (χ4v) is 3.56. The number of hydrogen-bond acceptors (Lipinski definition) is 5. The van der Waals surface area contributed by atoms with E-state index in [-0.39, 0.29) is 0 Å². The van der Waals surface area contributed by atoms with E-state index in [4.69, 9.17) is 0 Å². The van der Waals surface area contributed by atoms with Gasteiger partial charge in [-0.15, -0.1) is 0 Å². The summed E-state index contributed by atoms with van der Waals surface area (Å²) in [6.45, 7) is 4.15. The monoisotopic (exact) mass is 284 g/mol. The molecule has 0 aromatic carbocycles. The van der Waals surface area contributed by atoms with Gasteiger partial charge in [0.15, 0.2) is 0 Å². The largest absolute Gasteiger partial charge is 0.292 e. The molecular formula is C15H20N6. The molecule has 2 unspecified atom stereocenters. The molecule has 2 aliphatic rings. The van der Waals surface area contributed by atoms with Crippen LogP contribution >= 0.6 is 0 Å². The van der Waals surface area contributed by atoms with E-state index in [1.54, 1.807) is 6.33 Å². The SMILES string of the molecule is Cn1ncnc1CN1CC2CC1CN2Cc1ccccn1. The zero-order valence-electron chi connectivity index (χ0n) is 12.3. The molecule has 2 fully saturated rings. The van der Waals surface area contributed by atoms with Crippen molar-refractivity contribution in [1.82, 2.24) is 29.5 Å². The lowest BCUT2D eigenvalue weighted by Gasteiger charge is -2.33. The molecule has 2 bridgehead atoms. The van der Waals surface area contributed by atoms with E-state index in [1.807, 2.05) is 24.0 Å². The number of nitrogens with zero attached hydrogens (tertiary/aromatic N) is 6. The molecule has 0 saturated carbocycles. The highest BCUT2D eigenvalue weighted by Gasteiger charge is 2.43. The number of pyridine rings is 1. The molecule has 0 spiro atoms. The second-order valence-corrected chi connectivity index (χ2v) is 6.02. The summed E-state index contributed by atoms with van der Waals surface area (Å²) in [5.74, 6) is 1.05. The number of hydrogen-bond donors (Lipinski definition) is 0. The summed E-state index contributed by atoms with van der Waals surface area (Å²) in [5.41, 5.74) is 1.17. The first kappa shape index (κ1) is 12.9. The molecule has 0 amide bonds. The van der Waals surface area contributed by atoms with Gasteiger partial charge in [-0.05, 0) is 18.6 Å². The van der Waals surface area contributed by atoms with Crippen molar-refractivity contribution in [1.29, 1.82) is 0 Å². The maximum Gasteiger partial charge on any atom is 0.140 e. The Bertz CT molecular complexity index is 610. The third-order valence-corrected chi connectivity index (χ3v) is 4.71. The molecule has 4 heterocycles. The first-order valence-electron chi connectivity index (χ1n) is 7.50. The van der Waals surface area contributed by atoms with Crippen molar-refractivity contribution in [2.24, 2.45) is 7.05 Å². The molecule has 110 valence electrons. The second kappa shape index (κ2) is 5.20. The molecule has 2 atom stereocenters. The van der Waals surface area contributed by atoms with E-state index in [9.17, 15) is 0 Å². The molecule has 4 rings (SSSR count). The molecule has 6 heteroatoms. The Balaban J connectivity index is 1.38. The molecule has 21 heavy (non-hydrogen) atoms. The zero-order valence-corrected chi connectivity index (χ0v) is 12.3. The number of fused-ring (bicyclic) bond motifs is 2. The maximum absolute atomic E-state index is 4.44. The molecule has 2 aliphatic heterocycles. The van der Waals surface area contributed by atoms with Crippen LogP contribution in [-0.4, -0.2) is 54.7 Å². The standard InChI is InChI=1S/C15H20N6/c1-19-15(17-11-18-19)10-21-9-13-6-14(21)8-20(13)7-12-4-2-3-5-16-12/h2-5,11,13-14H,6-10H2,1H3. The number of aryl methyl sites for hydroxylation is 1. The minimum absolute atomic E-state index is 0.649. The Morgan fingerprint density at radius 1 is 1.10 bits per heavy atom. The van der Waals surface area contributed by atoms with Crippen molar-refractivity contribution in [3.63, 3.8) is 0 Å². The van der Waals surface area contributed by atoms with E-state index >= 15 is 0 Å². The smallest absolute Gasteiger partial charge is 0.140 e. The van der Waals surface area contributed by atoms with E-state index in [0.29, 0.717) is 12.1 Å². The second-order valence-electron chi connectivity index (χ2n) is 6.02. The van der Waals surface area contributed by atoms with Crippen LogP contribution in [0.2, 0.25) is 0 Å². The van der Waals surface area contributed by atoms with Crippen LogP contribution < -0.4 is 0 Å². The van der Waals surface area contributed by atoms with Crippen LogP contribution in [0.25, 0.3) is 0 Å². The van der Waals surface area contributed by atoms with Crippen molar-refractivity contribution in [3.05, 3.63) is 42.2 Å². The van der Waals surface area contributed by atoms with Crippen LogP contribution in [0.5, 0.6) is 0 Å². The summed E-state index contributed by atoms with van der Waals surface area (Å²) < 4.78 is 1.87. The van der Waals surface area contributed by atoms with Gasteiger partial charge in [-0.3, -0.25) is 19.5 Å². The zero-order chi connectivity index (χ0) is 14.2. The van der Waals surface area contributed by atoms with Gasteiger partial charge >= 0.3 is 0 Å². The minimum atomic E-state index is 0.649. The van der Waals surface area contributed by atoms with E-state index in [0.717, 1.165) is 32.0 Å². The van der Waals surface area contributed by atoms with Crippen LogP contribution in [0.1, 0.15) is 17.9 Å². The van der Waals surface area contributed by atoms with Gasteiger partial charge in [-0.2, -0.15) is 5.10 Å². The van der Waals surface area contributed by atoms with Crippen LogP contribution in [0.4, 0.5) is 0 Å². The Morgan fingerprint density at radius 2 is 1.90 bits per heavy atom. The number of aromatic nitrogens is 4. The Hall–Kier alpha value is -1.79. The summed E-state index contributed by atoms with van der Waals surface area (Å²) in [6, 6.07) is 7.46. The van der Waals surface area contributed by atoms with Gasteiger partial charge in [0, 0.05) is 45.0 Å². The van der Waals surface area contributed by atoms with E-state index < -0.39 is 0 Å². The molecular weight excluding hydrogens is 264 g/mol. The summed E-state index contributed by atoms with van der Waals surface area (Å²) in [7, 11) is 1.96. The molecule has 2 aromatic heterocycles. The van der Waals surface area contributed by atoms with E-state index in [1.165, 1.54) is 12.1 Å². The molecule has 2 saturated heterocycles. The summed E-state index contributed by atoms with van der Waals surface area (Å²) >= 11 is 0. The predicted octanol–water partition coefficient (Wildman–Crippen LogP) is 0.669. The third-order valence-electron chi connectivity index (χ3n) is 4.71. The predicted molar refractivity (Wildman–Crippen MR) is 78.3 cm³/mol. The fraction of sp³-hybridized carbons (Fsp3) is 0.533. The third kappa shape index (κ3) is 2.45. The lowest BCUT2D eigenvalue weighted by Crippen LogP contribution is -2.45. The fourth-order valence-electron chi connectivity index (χ4n) is 3.56. The van der Waals surface area contributed by atoms with Gasteiger partial charge in [-0.1, -0.05) is 6.07 Å². The average molecular weight is 284 g/mol. The van der Waals surface area contributed by atoms with Gasteiger partial charge in [0.25, 0.3) is 0 Å². The number of rotatable bonds is 4. The first-order chi connectivity index (χ1) is 10.3. The van der Waals surface area contributed by atoms with Crippen molar-refractivity contribution in [3.8, 4) is 0 Å². The molecule has 2 aromatic rings. The highest BCUT2D eigenvalue weighted by Crippen LogP contribution is 2.32. The number of piperazine rings is 1. The molecule has 6 nitrogen and oxygen atoms in total. The van der Waals surface area contributed by atoms with E-state index in [2.05, 4.69) is 37.0 Å². The van der Waals surface area contributed by atoms with Crippen molar-refractivity contribution in [2.45, 2.75) is 31.6 Å². The van der Waals surface area contributed by atoms with Gasteiger partial charge < -0.3 is 0 Å². The maximum atomic E-state index is 4.44. The first-order valence-corrected chi connectivity index (χ1v) is 7.50. The highest BCUT2D eigenvalue weighted by atomic mass is 15.4. The van der Waals surface area contributed by atoms with Crippen LogP contribution in [0.3, 0.4) is 0 Å². The molecule has 0 radical (unpaired) electrons. The Morgan fingerprint density at radius 3 is 2.52 bits per heavy atom. The number of likely N-dealkylation sites (tertiary alicyclic amines) is 2.